The van der Waals surface area contributed by atoms with Crippen LogP contribution < -0.4 is 5.32 Å². The van der Waals surface area contributed by atoms with Crippen LogP contribution >= 0.6 is 0 Å². The predicted molar refractivity (Wildman–Crippen MR) is 87.9 cm³/mol. The molecule has 3 rings (SSSR count). The van der Waals surface area contributed by atoms with Crippen molar-refractivity contribution in [1.29, 1.82) is 0 Å². The zero-order valence-electron chi connectivity index (χ0n) is 12.9. The van der Waals surface area contributed by atoms with Crippen LogP contribution in [0.25, 0.3) is 16.5 Å². The lowest BCUT2D eigenvalue weighted by atomic mass is 10.1. The van der Waals surface area contributed by atoms with E-state index in [9.17, 15) is 0 Å². The number of fused-ring (bicyclic) bond motifs is 1. The second kappa shape index (κ2) is 5.70. The second-order valence-electron chi connectivity index (χ2n) is 5.34. The highest BCUT2D eigenvalue weighted by Gasteiger charge is 2.13. The van der Waals surface area contributed by atoms with Crippen molar-refractivity contribution in [1.82, 2.24) is 15.1 Å². The van der Waals surface area contributed by atoms with E-state index >= 15 is 0 Å². The minimum absolute atomic E-state index is 0.874. The third-order valence-electron chi connectivity index (χ3n) is 3.99. The molecule has 2 aromatic carbocycles. The Morgan fingerprint density at radius 1 is 1.05 bits per heavy atom. The van der Waals surface area contributed by atoms with Gasteiger partial charge in [0.05, 0.1) is 11.4 Å². The van der Waals surface area contributed by atoms with E-state index in [1.807, 2.05) is 0 Å². The number of hydrogen-bond donors (Lipinski definition) is 1. The van der Waals surface area contributed by atoms with Gasteiger partial charge in [0, 0.05) is 23.2 Å². The van der Waals surface area contributed by atoms with Gasteiger partial charge in [0.1, 0.15) is 0 Å². The topological polar surface area (TPSA) is 29.9 Å². The van der Waals surface area contributed by atoms with Crippen LogP contribution in [-0.4, -0.2) is 16.3 Å². The van der Waals surface area contributed by atoms with Gasteiger partial charge in [-0.15, -0.1) is 0 Å². The summed E-state index contributed by atoms with van der Waals surface area (Å²) in [7, 11) is 0. The first kappa shape index (κ1) is 13.8. The average Bonchev–Trinajstić information content (AvgIpc) is 2.79. The predicted octanol–water partition coefficient (Wildman–Crippen LogP) is 3.75. The first-order valence-electron chi connectivity index (χ1n) is 7.46. The SMILES string of the molecule is CCNCc1c(C)nn(-c2cccc3ccccc23)c1C. The summed E-state index contributed by atoms with van der Waals surface area (Å²) in [6, 6.07) is 14.8. The molecule has 3 heteroatoms. The molecule has 1 N–H and O–H groups in total. The fourth-order valence-electron chi connectivity index (χ4n) is 2.81. The summed E-state index contributed by atoms with van der Waals surface area (Å²) >= 11 is 0. The molecular formula is C18H21N3. The molecule has 0 aliphatic heterocycles. The summed E-state index contributed by atoms with van der Waals surface area (Å²) < 4.78 is 2.07. The summed E-state index contributed by atoms with van der Waals surface area (Å²) in [5.74, 6) is 0. The minimum Gasteiger partial charge on any atom is -0.313 e. The molecule has 0 unspecified atom stereocenters. The third kappa shape index (κ3) is 2.45. The smallest absolute Gasteiger partial charge is 0.0727 e. The number of hydrogen-bond acceptors (Lipinski definition) is 2. The van der Waals surface area contributed by atoms with Crippen molar-refractivity contribution in [2.45, 2.75) is 27.3 Å². The van der Waals surface area contributed by atoms with Crippen LogP contribution in [0.2, 0.25) is 0 Å². The second-order valence-corrected chi connectivity index (χ2v) is 5.34. The van der Waals surface area contributed by atoms with Gasteiger partial charge in [0.2, 0.25) is 0 Å². The Labute approximate surface area is 125 Å². The summed E-state index contributed by atoms with van der Waals surface area (Å²) in [6.07, 6.45) is 0. The molecule has 0 aliphatic rings. The van der Waals surface area contributed by atoms with Crippen LogP contribution in [0, 0.1) is 13.8 Å². The number of rotatable bonds is 4. The van der Waals surface area contributed by atoms with Gasteiger partial charge in [-0.25, -0.2) is 4.68 Å². The Kier molecular flexibility index (Phi) is 3.76. The lowest BCUT2D eigenvalue weighted by Crippen LogP contribution is -2.13. The summed E-state index contributed by atoms with van der Waals surface area (Å²) in [4.78, 5) is 0. The molecule has 0 radical (unpaired) electrons. The summed E-state index contributed by atoms with van der Waals surface area (Å²) in [5, 5.41) is 10.6. The van der Waals surface area contributed by atoms with Crippen LogP contribution in [0.5, 0.6) is 0 Å². The standard InChI is InChI=1S/C18H21N3/c1-4-19-12-17-13(2)20-21(14(17)3)18-11-7-9-15-8-5-6-10-16(15)18/h5-11,19H,4,12H2,1-3H3. The average molecular weight is 279 g/mol. The third-order valence-corrected chi connectivity index (χ3v) is 3.99. The zero-order chi connectivity index (χ0) is 14.8. The number of aryl methyl sites for hydroxylation is 1. The molecule has 3 nitrogen and oxygen atoms in total. The van der Waals surface area contributed by atoms with Crippen LogP contribution in [0.1, 0.15) is 23.9 Å². The van der Waals surface area contributed by atoms with Crippen molar-refractivity contribution >= 4 is 10.8 Å². The molecule has 1 aromatic heterocycles. The molecular weight excluding hydrogens is 258 g/mol. The molecule has 21 heavy (non-hydrogen) atoms. The molecule has 0 atom stereocenters. The molecule has 3 aromatic rings. The normalized spacial score (nSPS) is 11.2. The van der Waals surface area contributed by atoms with E-state index in [1.165, 1.54) is 22.0 Å². The van der Waals surface area contributed by atoms with Gasteiger partial charge in [-0.2, -0.15) is 5.10 Å². The van der Waals surface area contributed by atoms with Gasteiger partial charge in [-0.1, -0.05) is 43.3 Å². The zero-order valence-corrected chi connectivity index (χ0v) is 12.9. The Hall–Kier alpha value is -2.13. The maximum Gasteiger partial charge on any atom is 0.0727 e. The van der Waals surface area contributed by atoms with Gasteiger partial charge in [-0.05, 0) is 31.8 Å². The fourth-order valence-corrected chi connectivity index (χ4v) is 2.81. The monoisotopic (exact) mass is 279 g/mol. The van der Waals surface area contributed by atoms with Crippen molar-refractivity contribution in [3.05, 3.63) is 59.4 Å². The molecule has 0 aliphatic carbocycles. The van der Waals surface area contributed by atoms with Crippen molar-refractivity contribution < 1.29 is 0 Å². The van der Waals surface area contributed by atoms with E-state index in [-0.39, 0.29) is 0 Å². The molecule has 0 bridgehead atoms. The van der Waals surface area contributed by atoms with Crippen LogP contribution in [0.3, 0.4) is 0 Å². The number of nitrogens with one attached hydrogen (secondary N) is 1. The summed E-state index contributed by atoms with van der Waals surface area (Å²) in [5.41, 5.74) is 4.76. The largest absolute Gasteiger partial charge is 0.313 e. The van der Waals surface area contributed by atoms with Gasteiger partial charge in [0.15, 0.2) is 0 Å². The first-order chi connectivity index (χ1) is 10.2. The number of nitrogens with zero attached hydrogens (tertiary/aromatic N) is 2. The highest BCUT2D eigenvalue weighted by molar-refractivity contribution is 5.90. The molecule has 1 heterocycles. The summed E-state index contributed by atoms with van der Waals surface area (Å²) in [6.45, 7) is 8.20. The maximum absolute atomic E-state index is 4.76. The fraction of sp³-hybridized carbons (Fsp3) is 0.278. The van der Waals surface area contributed by atoms with E-state index in [2.05, 4.69) is 73.2 Å². The lowest BCUT2D eigenvalue weighted by molar-refractivity contribution is 0.719. The Morgan fingerprint density at radius 3 is 2.62 bits per heavy atom. The minimum atomic E-state index is 0.874. The molecule has 0 spiro atoms. The van der Waals surface area contributed by atoms with Gasteiger partial charge in [-0.3, -0.25) is 0 Å². The number of benzene rings is 2. The van der Waals surface area contributed by atoms with Crippen molar-refractivity contribution in [2.75, 3.05) is 6.54 Å². The van der Waals surface area contributed by atoms with Crippen molar-refractivity contribution in [3.8, 4) is 5.69 Å². The lowest BCUT2D eigenvalue weighted by Gasteiger charge is -2.09. The molecule has 0 fully saturated rings. The van der Waals surface area contributed by atoms with Gasteiger partial charge >= 0.3 is 0 Å². The van der Waals surface area contributed by atoms with Gasteiger partial charge < -0.3 is 5.32 Å². The Bertz CT molecular complexity index is 766. The van der Waals surface area contributed by atoms with Gasteiger partial charge in [0.25, 0.3) is 0 Å². The highest BCUT2D eigenvalue weighted by Crippen LogP contribution is 2.25. The number of aromatic nitrogens is 2. The van der Waals surface area contributed by atoms with E-state index in [1.54, 1.807) is 0 Å². The quantitative estimate of drug-likeness (QED) is 0.788. The van der Waals surface area contributed by atoms with E-state index in [4.69, 9.17) is 5.10 Å². The Morgan fingerprint density at radius 2 is 1.81 bits per heavy atom. The Balaban J connectivity index is 2.15. The van der Waals surface area contributed by atoms with Crippen molar-refractivity contribution in [2.24, 2.45) is 0 Å². The van der Waals surface area contributed by atoms with E-state index < -0.39 is 0 Å². The maximum atomic E-state index is 4.76. The van der Waals surface area contributed by atoms with Crippen LogP contribution in [0.15, 0.2) is 42.5 Å². The molecule has 0 amide bonds. The van der Waals surface area contributed by atoms with E-state index in [0.717, 1.165) is 24.5 Å². The van der Waals surface area contributed by atoms with Crippen LogP contribution in [0.4, 0.5) is 0 Å². The highest BCUT2D eigenvalue weighted by atomic mass is 15.3. The first-order valence-corrected chi connectivity index (χ1v) is 7.46. The molecule has 0 saturated heterocycles. The van der Waals surface area contributed by atoms with Crippen LogP contribution in [-0.2, 0) is 6.54 Å². The molecule has 108 valence electrons. The molecule has 0 saturated carbocycles. The van der Waals surface area contributed by atoms with E-state index in [0.29, 0.717) is 0 Å². The van der Waals surface area contributed by atoms with Crippen molar-refractivity contribution in [3.63, 3.8) is 0 Å².